The average Bonchev–Trinajstić information content (AvgIpc) is 2.25. The molecule has 0 N–H and O–H groups in total. The minimum atomic E-state index is 0.171. The highest BCUT2D eigenvalue weighted by Crippen LogP contribution is 2.16. The maximum Gasteiger partial charge on any atom is 0.178 e. The lowest BCUT2D eigenvalue weighted by molar-refractivity contribution is 0.775. The molecule has 0 fully saturated rings. The van der Waals surface area contributed by atoms with Crippen LogP contribution in [0.4, 0.5) is 5.82 Å². The molecule has 4 nitrogen and oxygen atoms in total. The van der Waals surface area contributed by atoms with Crippen molar-refractivity contribution in [3.05, 3.63) is 17.0 Å². The lowest BCUT2D eigenvalue weighted by atomic mass is 10.4. The molecule has 1 heterocycles. The zero-order chi connectivity index (χ0) is 11.3. The van der Waals surface area contributed by atoms with Gasteiger partial charge in [-0.2, -0.15) is 5.26 Å². The third-order valence-electron chi connectivity index (χ3n) is 2.02. The van der Waals surface area contributed by atoms with Gasteiger partial charge in [0, 0.05) is 13.1 Å². The molecule has 0 aliphatic rings. The third-order valence-corrected chi connectivity index (χ3v) is 2.29. The Kier molecular flexibility index (Phi) is 4.32. The minimum absolute atomic E-state index is 0.171. The monoisotopic (exact) mass is 224 g/mol. The first-order chi connectivity index (χ1) is 7.22. The summed E-state index contributed by atoms with van der Waals surface area (Å²) in [5.41, 5.74) is 0.174. The first kappa shape index (κ1) is 11.7. The number of nitriles is 1. The molecule has 0 radical (unpaired) electrons. The summed E-state index contributed by atoms with van der Waals surface area (Å²) < 4.78 is 0. The average molecular weight is 225 g/mol. The van der Waals surface area contributed by atoms with E-state index >= 15 is 0 Å². The molecule has 0 unspecified atom stereocenters. The van der Waals surface area contributed by atoms with Gasteiger partial charge >= 0.3 is 0 Å². The van der Waals surface area contributed by atoms with Crippen molar-refractivity contribution >= 4 is 17.4 Å². The number of aromatic nitrogens is 2. The Hall–Kier alpha value is -1.34. The molecule has 0 spiro atoms. The molecule has 0 amide bonds. The predicted octanol–water partition coefficient (Wildman–Crippen LogP) is 2.24. The third kappa shape index (κ3) is 2.80. The van der Waals surface area contributed by atoms with Gasteiger partial charge in [-0.1, -0.05) is 18.5 Å². The molecule has 1 aromatic heterocycles. The molecule has 0 aliphatic carbocycles. The van der Waals surface area contributed by atoms with Crippen molar-refractivity contribution in [3.8, 4) is 6.07 Å². The van der Waals surface area contributed by atoms with Crippen LogP contribution in [0.5, 0.6) is 0 Å². The fourth-order valence-corrected chi connectivity index (χ4v) is 1.47. The van der Waals surface area contributed by atoms with Crippen LogP contribution in [0.3, 0.4) is 0 Å². The van der Waals surface area contributed by atoms with Gasteiger partial charge in [0.2, 0.25) is 0 Å². The Labute approximate surface area is 94.5 Å². The van der Waals surface area contributed by atoms with E-state index in [0.717, 1.165) is 25.3 Å². The smallest absolute Gasteiger partial charge is 0.178 e. The molecule has 0 bridgehead atoms. The molecule has 1 rings (SSSR count). The van der Waals surface area contributed by atoms with Gasteiger partial charge in [0.25, 0.3) is 0 Å². The van der Waals surface area contributed by atoms with Gasteiger partial charge in [-0.05, 0) is 13.3 Å². The van der Waals surface area contributed by atoms with Crippen molar-refractivity contribution in [2.24, 2.45) is 0 Å². The van der Waals surface area contributed by atoms with Crippen LogP contribution in [-0.2, 0) is 0 Å². The van der Waals surface area contributed by atoms with E-state index < -0.39 is 0 Å². The Morgan fingerprint density at radius 3 is 2.73 bits per heavy atom. The summed E-state index contributed by atoms with van der Waals surface area (Å²) in [7, 11) is 0. The van der Waals surface area contributed by atoms with Crippen LogP contribution in [0.25, 0.3) is 0 Å². The molecule has 15 heavy (non-hydrogen) atoms. The summed E-state index contributed by atoms with van der Waals surface area (Å²) in [4.78, 5) is 10.2. The summed E-state index contributed by atoms with van der Waals surface area (Å²) >= 11 is 5.81. The molecule has 80 valence electrons. The van der Waals surface area contributed by atoms with Crippen LogP contribution in [0.1, 0.15) is 26.0 Å². The summed E-state index contributed by atoms with van der Waals surface area (Å²) in [6.45, 7) is 5.91. The van der Waals surface area contributed by atoms with E-state index in [-0.39, 0.29) is 10.8 Å². The van der Waals surface area contributed by atoms with Gasteiger partial charge in [-0.3, -0.25) is 0 Å². The summed E-state index contributed by atoms with van der Waals surface area (Å²) in [6.07, 6.45) is 2.62. The summed E-state index contributed by atoms with van der Waals surface area (Å²) in [5.74, 6) is 0.725. The van der Waals surface area contributed by atoms with E-state index in [2.05, 4.69) is 21.8 Å². The number of rotatable bonds is 4. The van der Waals surface area contributed by atoms with Crippen molar-refractivity contribution in [1.82, 2.24) is 9.97 Å². The standard InChI is InChI=1S/C10H13ClN4/c1-3-5-15(4-2)9-7-13-8(6-12)10(11)14-9/h7H,3-5H2,1-2H3. The molecule has 1 aromatic rings. The van der Waals surface area contributed by atoms with Gasteiger partial charge in [0.05, 0.1) is 6.20 Å². The number of halogens is 1. The maximum atomic E-state index is 8.66. The lowest BCUT2D eigenvalue weighted by Crippen LogP contribution is -2.24. The Bertz CT molecular complexity index is 372. The number of anilines is 1. The molecule has 0 saturated heterocycles. The van der Waals surface area contributed by atoms with E-state index in [1.54, 1.807) is 6.20 Å². The Morgan fingerprint density at radius 2 is 2.27 bits per heavy atom. The molecule has 0 atom stereocenters. The number of hydrogen-bond acceptors (Lipinski definition) is 4. The summed E-state index contributed by atoms with van der Waals surface area (Å²) in [6, 6.07) is 1.89. The van der Waals surface area contributed by atoms with Crippen LogP contribution in [0.15, 0.2) is 6.20 Å². The molecule has 0 saturated carbocycles. The molecular weight excluding hydrogens is 212 g/mol. The first-order valence-electron chi connectivity index (χ1n) is 4.90. The van der Waals surface area contributed by atoms with Gasteiger partial charge in [-0.15, -0.1) is 0 Å². The Morgan fingerprint density at radius 1 is 1.53 bits per heavy atom. The molecule has 0 aliphatic heterocycles. The van der Waals surface area contributed by atoms with Gasteiger partial charge in [-0.25, -0.2) is 9.97 Å². The van der Waals surface area contributed by atoms with Crippen molar-refractivity contribution in [2.45, 2.75) is 20.3 Å². The Balaban J connectivity index is 2.95. The summed E-state index contributed by atoms with van der Waals surface area (Å²) in [5, 5.41) is 8.83. The SMILES string of the molecule is CCCN(CC)c1cnc(C#N)c(Cl)n1. The zero-order valence-corrected chi connectivity index (χ0v) is 9.62. The van der Waals surface area contributed by atoms with E-state index in [1.807, 2.05) is 13.0 Å². The van der Waals surface area contributed by atoms with E-state index in [9.17, 15) is 0 Å². The van der Waals surface area contributed by atoms with Crippen LogP contribution < -0.4 is 4.90 Å². The number of hydrogen-bond donors (Lipinski definition) is 0. The first-order valence-corrected chi connectivity index (χ1v) is 5.28. The largest absolute Gasteiger partial charge is 0.356 e. The topological polar surface area (TPSA) is 52.8 Å². The predicted molar refractivity (Wildman–Crippen MR) is 59.9 cm³/mol. The van der Waals surface area contributed by atoms with E-state index in [4.69, 9.17) is 16.9 Å². The quantitative estimate of drug-likeness (QED) is 0.787. The normalized spacial score (nSPS) is 9.73. The highest BCUT2D eigenvalue weighted by Gasteiger charge is 2.09. The van der Waals surface area contributed by atoms with Gasteiger partial charge < -0.3 is 4.90 Å². The molecule has 5 heteroatoms. The van der Waals surface area contributed by atoms with E-state index in [1.165, 1.54) is 0 Å². The van der Waals surface area contributed by atoms with E-state index in [0.29, 0.717) is 0 Å². The number of nitrogens with zero attached hydrogens (tertiary/aromatic N) is 4. The van der Waals surface area contributed by atoms with Crippen molar-refractivity contribution < 1.29 is 0 Å². The molecule has 0 aromatic carbocycles. The fourth-order valence-electron chi connectivity index (χ4n) is 1.29. The van der Waals surface area contributed by atoms with Crippen LogP contribution >= 0.6 is 11.6 Å². The van der Waals surface area contributed by atoms with Gasteiger partial charge in [0.15, 0.2) is 10.8 Å². The van der Waals surface area contributed by atoms with Crippen molar-refractivity contribution in [1.29, 1.82) is 5.26 Å². The second-order valence-corrected chi connectivity index (χ2v) is 3.42. The fraction of sp³-hybridized carbons (Fsp3) is 0.500. The highest BCUT2D eigenvalue weighted by atomic mass is 35.5. The van der Waals surface area contributed by atoms with Crippen LogP contribution in [0.2, 0.25) is 5.15 Å². The second kappa shape index (κ2) is 5.52. The lowest BCUT2D eigenvalue weighted by Gasteiger charge is -2.20. The maximum absolute atomic E-state index is 8.66. The van der Waals surface area contributed by atoms with Crippen LogP contribution in [-0.4, -0.2) is 23.1 Å². The highest BCUT2D eigenvalue weighted by molar-refractivity contribution is 6.30. The second-order valence-electron chi connectivity index (χ2n) is 3.06. The molecular formula is C10H13ClN4. The zero-order valence-electron chi connectivity index (χ0n) is 8.87. The minimum Gasteiger partial charge on any atom is -0.356 e. The van der Waals surface area contributed by atoms with Crippen molar-refractivity contribution in [3.63, 3.8) is 0 Å². The van der Waals surface area contributed by atoms with Gasteiger partial charge in [0.1, 0.15) is 11.9 Å². The van der Waals surface area contributed by atoms with Crippen molar-refractivity contribution in [2.75, 3.05) is 18.0 Å². The van der Waals surface area contributed by atoms with Crippen LogP contribution in [0, 0.1) is 11.3 Å².